The number of carbonyl (C=O) groups excluding carboxylic acids is 1. The fourth-order valence-corrected chi connectivity index (χ4v) is 3.42. The average molecular weight is 559 g/mol. The maximum absolute atomic E-state index is 15.1. The summed E-state index contributed by atoms with van der Waals surface area (Å²) in [6, 6.07) is 13.8. The second kappa shape index (κ2) is 11.6. The lowest BCUT2D eigenvalue weighted by Gasteiger charge is -2.19. The van der Waals surface area contributed by atoms with Crippen LogP contribution in [0.4, 0.5) is 13.2 Å². The number of rotatable bonds is 8. The number of benzene rings is 3. The van der Waals surface area contributed by atoms with Crippen molar-refractivity contribution in [1.29, 1.82) is 10.5 Å². The Hall–Kier alpha value is -4.02. The first-order valence-corrected chi connectivity index (χ1v) is 11.7. The van der Waals surface area contributed by atoms with Gasteiger partial charge in [0.2, 0.25) is 11.6 Å². The van der Waals surface area contributed by atoms with Crippen molar-refractivity contribution in [3.63, 3.8) is 0 Å². The summed E-state index contributed by atoms with van der Waals surface area (Å²) in [5.74, 6) is -7.47. The molecule has 0 radical (unpaired) electrons. The van der Waals surface area contributed by atoms with Gasteiger partial charge in [0, 0.05) is 10.9 Å². The fourth-order valence-electron chi connectivity index (χ4n) is 3.25. The van der Waals surface area contributed by atoms with Gasteiger partial charge in [-0.05, 0) is 31.5 Å². The molecule has 0 heterocycles. The predicted molar refractivity (Wildman–Crippen MR) is 128 cm³/mol. The van der Waals surface area contributed by atoms with E-state index in [4.69, 9.17) is 19.5 Å². The molecule has 184 valence electrons. The monoisotopic (exact) mass is 558 g/mol. The minimum absolute atomic E-state index is 0.181. The number of esters is 1. The van der Waals surface area contributed by atoms with E-state index < -0.39 is 46.4 Å². The molecule has 0 saturated heterocycles. The third-order valence-electron chi connectivity index (χ3n) is 4.76. The zero-order chi connectivity index (χ0) is 26.4. The van der Waals surface area contributed by atoms with Crippen molar-refractivity contribution in [3.8, 4) is 40.5 Å². The Labute approximate surface area is 213 Å². The van der Waals surface area contributed by atoms with E-state index in [0.717, 1.165) is 0 Å². The van der Waals surface area contributed by atoms with Gasteiger partial charge >= 0.3 is 5.97 Å². The Kier molecular flexibility index (Phi) is 8.57. The van der Waals surface area contributed by atoms with Crippen LogP contribution in [0, 0.1) is 40.1 Å². The Morgan fingerprint density at radius 2 is 1.61 bits per heavy atom. The topological polar surface area (TPSA) is 92.3 Å². The van der Waals surface area contributed by atoms with Crippen LogP contribution in [-0.4, -0.2) is 24.0 Å². The highest BCUT2D eigenvalue weighted by Gasteiger charge is 2.30. The molecule has 0 atom stereocenters. The van der Waals surface area contributed by atoms with Crippen molar-refractivity contribution in [1.82, 2.24) is 0 Å². The molecule has 0 amide bonds. The highest BCUT2D eigenvalue weighted by atomic mass is 79.9. The summed E-state index contributed by atoms with van der Waals surface area (Å²) >= 11 is 3.25. The molecule has 0 unspecified atom stereocenters. The summed E-state index contributed by atoms with van der Waals surface area (Å²) < 4.78 is 61.0. The van der Waals surface area contributed by atoms with Gasteiger partial charge in [0.15, 0.2) is 11.6 Å². The number of halogens is 4. The molecule has 0 fully saturated rings. The summed E-state index contributed by atoms with van der Waals surface area (Å²) in [6.45, 7) is 3.45. The van der Waals surface area contributed by atoms with Crippen LogP contribution in [-0.2, 0) is 4.74 Å². The van der Waals surface area contributed by atoms with Crippen LogP contribution in [0.25, 0.3) is 11.1 Å². The van der Waals surface area contributed by atoms with E-state index >= 15 is 4.39 Å². The third-order valence-corrected chi connectivity index (χ3v) is 5.09. The first kappa shape index (κ1) is 26.6. The van der Waals surface area contributed by atoms with Gasteiger partial charge in [-0.25, -0.2) is 13.6 Å². The maximum atomic E-state index is 15.1. The van der Waals surface area contributed by atoms with Crippen molar-refractivity contribution in [2.45, 2.75) is 20.0 Å². The molecule has 0 aliphatic carbocycles. The van der Waals surface area contributed by atoms with Crippen LogP contribution in [0.15, 0.2) is 42.5 Å². The smallest absolute Gasteiger partial charge is 0.342 e. The summed E-state index contributed by atoms with van der Waals surface area (Å²) in [7, 11) is 0. The Morgan fingerprint density at radius 3 is 2.19 bits per heavy atom. The lowest BCUT2D eigenvalue weighted by Crippen LogP contribution is -2.14. The van der Waals surface area contributed by atoms with Gasteiger partial charge in [0.05, 0.1) is 12.7 Å². The zero-order valence-electron chi connectivity index (χ0n) is 19.1. The number of hydrogen-bond donors (Lipinski definition) is 0. The SMILES string of the molecule is CC(C)OC(=O)c1cc(OCCBr)cc(-c2ccccc2)c1Oc1c(F)c(F)c(C#N)c(C#N)c1F. The molecule has 0 aliphatic heterocycles. The number of ether oxygens (including phenoxy) is 3. The van der Waals surface area contributed by atoms with Crippen LogP contribution in [0.2, 0.25) is 0 Å². The number of nitrogens with zero attached hydrogens (tertiary/aromatic N) is 2. The normalized spacial score (nSPS) is 10.5. The maximum Gasteiger partial charge on any atom is 0.342 e. The van der Waals surface area contributed by atoms with Crippen LogP contribution in [0.5, 0.6) is 17.2 Å². The lowest BCUT2D eigenvalue weighted by atomic mass is 10.00. The Bertz CT molecular complexity index is 1380. The molecule has 10 heteroatoms. The summed E-state index contributed by atoms with van der Waals surface area (Å²) in [5.41, 5.74) is -1.72. The van der Waals surface area contributed by atoms with Crippen LogP contribution in [0.3, 0.4) is 0 Å². The quantitative estimate of drug-likeness (QED) is 0.175. The number of nitriles is 2. The van der Waals surface area contributed by atoms with Crippen molar-refractivity contribution >= 4 is 21.9 Å². The van der Waals surface area contributed by atoms with Gasteiger partial charge in [0.1, 0.15) is 40.3 Å². The lowest BCUT2D eigenvalue weighted by molar-refractivity contribution is 0.0374. The molecule has 0 aliphatic rings. The van der Waals surface area contributed by atoms with E-state index in [-0.39, 0.29) is 29.2 Å². The molecule has 6 nitrogen and oxygen atoms in total. The molecule has 3 aromatic rings. The van der Waals surface area contributed by atoms with E-state index in [2.05, 4.69) is 15.9 Å². The van der Waals surface area contributed by atoms with E-state index in [0.29, 0.717) is 10.9 Å². The third kappa shape index (κ3) is 5.45. The fraction of sp³-hybridized carbons (Fsp3) is 0.192. The summed E-state index contributed by atoms with van der Waals surface area (Å²) in [4.78, 5) is 13.0. The second-order valence-corrected chi connectivity index (χ2v) is 8.34. The van der Waals surface area contributed by atoms with E-state index in [9.17, 15) is 18.8 Å². The van der Waals surface area contributed by atoms with Gasteiger partial charge in [0.25, 0.3) is 0 Å². The largest absolute Gasteiger partial charge is 0.493 e. The summed E-state index contributed by atoms with van der Waals surface area (Å²) in [6.07, 6.45) is -0.552. The van der Waals surface area contributed by atoms with Crippen LogP contribution < -0.4 is 9.47 Å². The Morgan fingerprint density at radius 1 is 0.972 bits per heavy atom. The number of hydrogen-bond acceptors (Lipinski definition) is 6. The van der Waals surface area contributed by atoms with E-state index in [1.54, 1.807) is 44.2 Å². The number of alkyl halides is 1. The molecule has 0 aromatic heterocycles. The Balaban J connectivity index is 2.35. The molecule has 0 N–H and O–H groups in total. The van der Waals surface area contributed by atoms with Gasteiger partial charge in [-0.3, -0.25) is 0 Å². The van der Waals surface area contributed by atoms with E-state index in [1.807, 2.05) is 0 Å². The highest BCUT2D eigenvalue weighted by Crippen LogP contribution is 2.42. The highest BCUT2D eigenvalue weighted by molar-refractivity contribution is 9.09. The van der Waals surface area contributed by atoms with Crippen molar-refractivity contribution in [3.05, 3.63) is 76.6 Å². The minimum Gasteiger partial charge on any atom is -0.493 e. The number of carbonyl (C=O) groups is 1. The molecule has 36 heavy (non-hydrogen) atoms. The second-order valence-electron chi connectivity index (χ2n) is 7.55. The van der Waals surface area contributed by atoms with Gasteiger partial charge in [-0.15, -0.1) is 0 Å². The van der Waals surface area contributed by atoms with Gasteiger partial charge in [-0.1, -0.05) is 46.3 Å². The molecular formula is C26H18BrF3N2O4. The average Bonchev–Trinajstić information content (AvgIpc) is 2.87. The van der Waals surface area contributed by atoms with E-state index in [1.165, 1.54) is 24.3 Å². The molecule has 3 rings (SSSR count). The molecule has 3 aromatic carbocycles. The first-order valence-electron chi connectivity index (χ1n) is 10.5. The van der Waals surface area contributed by atoms with Crippen molar-refractivity contribution in [2.24, 2.45) is 0 Å². The van der Waals surface area contributed by atoms with Gasteiger partial charge in [-0.2, -0.15) is 14.9 Å². The van der Waals surface area contributed by atoms with Crippen LogP contribution in [0.1, 0.15) is 35.3 Å². The minimum atomic E-state index is -1.83. The van der Waals surface area contributed by atoms with Crippen molar-refractivity contribution < 1.29 is 32.2 Å². The van der Waals surface area contributed by atoms with Crippen LogP contribution >= 0.6 is 15.9 Å². The van der Waals surface area contributed by atoms with Gasteiger partial charge < -0.3 is 14.2 Å². The molecule has 0 saturated carbocycles. The first-order chi connectivity index (χ1) is 17.2. The molecule has 0 bridgehead atoms. The van der Waals surface area contributed by atoms with Crippen molar-refractivity contribution in [2.75, 3.05) is 11.9 Å². The molecular weight excluding hydrogens is 541 g/mol. The zero-order valence-corrected chi connectivity index (χ0v) is 20.7. The summed E-state index contributed by atoms with van der Waals surface area (Å²) in [5, 5.41) is 18.8. The standard InChI is InChI=1S/C26H18BrF3N2O4/c1-14(2)35-26(33)18-11-16(34-9-8-27)10-17(15-6-4-3-5-7-15)24(18)36-25-22(29)20(13-32)19(12-31)21(28)23(25)30/h3-7,10-11,14H,8-9H2,1-2H3. The predicted octanol–water partition coefficient (Wildman–Crippen LogP) is 6.65. The molecule has 0 spiro atoms.